The maximum Gasteiger partial charge on any atom is 3.00 e. The molecule has 0 bridgehead atoms. The van der Waals surface area contributed by atoms with Gasteiger partial charge in [0.2, 0.25) is 0 Å². The van der Waals surface area contributed by atoms with Crippen LogP contribution in [0.25, 0.3) is 0 Å². The van der Waals surface area contributed by atoms with Crippen LogP contribution in [0.3, 0.4) is 0 Å². The summed E-state index contributed by atoms with van der Waals surface area (Å²) in [5.41, 5.74) is 1.85. The van der Waals surface area contributed by atoms with E-state index in [1.54, 1.807) is 12.4 Å². The number of hydrogen-bond donors (Lipinski definition) is 2. The third-order valence-corrected chi connectivity index (χ3v) is 3.87. The quantitative estimate of drug-likeness (QED) is 0.189. The second kappa shape index (κ2) is 45.5. The summed E-state index contributed by atoms with van der Waals surface area (Å²) < 4.78 is 0. The molecule has 0 aliphatic rings. The molecule has 0 fully saturated rings. The summed E-state index contributed by atoms with van der Waals surface area (Å²) in [6.07, 6.45) is 3.45. The maximum atomic E-state index is 10.5. The average molecular weight is 803 g/mol. The molecular formula is C28H42N4Ni3O12+2. The summed E-state index contributed by atoms with van der Waals surface area (Å²) >= 11 is 0. The van der Waals surface area contributed by atoms with Crippen molar-refractivity contribution in [3.05, 3.63) is 60.2 Å². The molecule has 2 heterocycles. The van der Waals surface area contributed by atoms with Crippen LogP contribution in [-0.4, -0.2) is 106 Å². The van der Waals surface area contributed by atoms with Crippen molar-refractivity contribution in [2.24, 2.45) is 0 Å². The number of pyridine rings is 2. The number of carboxylic acids is 4. The van der Waals surface area contributed by atoms with Crippen molar-refractivity contribution in [1.29, 1.82) is 0 Å². The van der Waals surface area contributed by atoms with Gasteiger partial charge in [-0.1, -0.05) is 12.1 Å². The molecule has 0 spiro atoms. The fraction of sp³-hybridized carbons (Fsp3) is 0.500. The molecule has 2 aromatic rings. The molecule has 2 radical (unpaired) electrons. The number of carbonyl (C=O) groups excluding carboxylic acids is 4. The Balaban J connectivity index is -0.0000000902. The van der Waals surface area contributed by atoms with Gasteiger partial charge in [-0.25, -0.2) is 0 Å². The maximum absolute atomic E-state index is 10.5. The van der Waals surface area contributed by atoms with Crippen molar-refractivity contribution in [2.75, 3.05) is 52.6 Å². The van der Waals surface area contributed by atoms with E-state index in [9.17, 15) is 10.2 Å². The molecule has 0 unspecified atom stereocenters. The van der Waals surface area contributed by atoms with Gasteiger partial charge >= 0.3 is 49.5 Å². The number of carboxylic acid groups (broad SMARTS) is 4. The van der Waals surface area contributed by atoms with Gasteiger partial charge in [0.05, 0.1) is 24.6 Å². The summed E-state index contributed by atoms with van der Waals surface area (Å²) in [6.45, 7) is 6.97. The van der Waals surface area contributed by atoms with Gasteiger partial charge in [0.25, 0.3) is 0 Å². The van der Waals surface area contributed by atoms with Gasteiger partial charge in [0.1, 0.15) is 0 Å². The molecule has 16 nitrogen and oxygen atoms in total. The Morgan fingerprint density at radius 1 is 0.596 bits per heavy atom. The van der Waals surface area contributed by atoms with Crippen LogP contribution >= 0.6 is 0 Å². The molecule has 2 rings (SSSR count). The van der Waals surface area contributed by atoms with Gasteiger partial charge in [-0.15, -0.1) is 13.2 Å². The van der Waals surface area contributed by atoms with Crippen LogP contribution < -0.4 is 30.6 Å². The number of aliphatic carboxylic acids is 4. The van der Waals surface area contributed by atoms with Gasteiger partial charge in [0, 0.05) is 62.4 Å². The van der Waals surface area contributed by atoms with Crippen LogP contribution in [0.15, 0.2) is 48.8 Å². The topological polar surface area (TPSA) is 279 Å². The minimum absolute atomic E-state index is 0. The van der Waals surface area contributed by atoms with Crippen molar-refractivity contribution in [2.45, 2.75) is 40.8 Å². The zero-order valence-corrected chi connectivity index (χ0v) is 29.4. The third kappa shape index (κ3) is 66.7. The molecule has 0 atom stereocenters. The first-order chi connectivity index (χ1) is 20.7. The van der Waals surface area contributed by atoms with E-state index in [0.29, 0.717) is 39.3 Å². The zero-order chi connectivity index (χ0) is 34.8. The van der Waals surface area contributed by atoms with E-state index >= 15 is 0 Å². The fourth-order valence-corrected chi connectivity index (χ4v) is 2.52. The van der Waals surface area contributed by atoms with Crippen LogP contribution in [0.4, 0.5) is 0 Å². The molecule has 47 heavy (non-hydrogen) atoms. The van der Waals surface area contributed by atoms with Crippen molar-refractivity contribution in [3.63, 3.8) is 0 Å². The average Bonchev–Trinajstić information content (AvgIpc) is 2.90. The van der Waals surface area contributed by atoms with Gasteiger partial charge in [-0.2, -0.15) is 0 Å². The predicted octanol–water partition coefficient (Wildman–Crippen LogP) is -6.51. The van der Waals surface area contributed by atoms with Gasteiger partial charge in [-0.3, -0.25) is 19.8 Å². The van der Waals surface area contributed by atoms with Crippen LogP contribution in [0.2, 0.25) is 0 Å². The van der Waals surface area contributed by atoms with E-state index in [1.807, 2.05) is 46.2 Å². The molecule has 0 saturated heterocycles. The van der Waals surface area contributed by atoms with Gasteiger partial charge < -0.3 is 60.0 Å². The fourth-order valence-electron chi connectivity index (χ4n) is 2.52. The Morgan fingerprint density at radius 2 is 0.851 bits per heavy atom. The van der Waals surface area contributed by atoms with Gasteiger partial charge in [0.15, 0.2) is 0 Å². The SMILES string of the molecule is CC(=O)[O-].CC(=O)[O-].CC(=O)[O-].CC(=O)[O-].[Ni+2].[Ni+3].[Ni+3].[O-]CCN(CCO)Cc1ccccn1.[O-]CCN(CCO)Cc1ccccn1. The number of hydrogen-bond acceptors (Lipinski definition) is 16. The molecular weight excluding hydrogens is 760 g/mol. The Bertz CT molecular complexity index is 841. The Hall–Kier alpha value is -2.58. The van der Waals surface area contributed by atoms with E-state index in [0.717, 1.165) is 39.1 Å². The standard InChI is InChI=1S/2C10H15N2O2.4C2H4O2.3Ni/c2*13-7-5-12(6-8-14)9-10-3-1-2-4-11-10;4*1-2(3)4;;;/h2*1-4,13H,5-9H2;4*1H3,(H,3,4);;;/q2*-1;;;;;+2;2*+3/p-4. The Morgan fingerprint density at radius 3 is 1.02 bits per heavy atom. The molecule has 0 aromatic carbocycles. The summed E-state index contributed by atoms with van der Waals surface area (Å²) in [7, 11) is 0. The van der Waals surface area contributed by atoms with Gasteiger partial charge in [-0.05, 0) is 65.0 Å². The van der Waals surface area contributed by atoms with Crippen LogP contribution in [0.5, 0.6) is 0 Å². The number of aromatic nitrogens is 2. The number of carbonyl (C=O) groups is 4. The van der Waals surface area contributed by atoms with E-state index in [4.69, 9.17) is 49.8 Å². The smallest absolute Gasteiger partial charge is 0.854 e. The van der Waals surface area contributed by atoms with Crippen molar-refractivity contribution >= 4 is 23.9 Å². The molecule has 19 heteroatoms. The summed E-state index contributed by atoms with van der Waals surface area (Å²) in [5.74, 6) is -4.33. The van der Waals surface area contributed by atoms with E-state index in [-0.39, 0.29) is 75.9 Å². The molecule has 0 amide bonds. The molecule has 0 aliphatic heterocycles. The second-order valence-electron chi connectivity index (χ2n) is 8.02. The molecule has 2 N–H and O–H groups in total. The Kier molecular flexibility index (Phi) is 58.0. The number of rotatable bonds is 12. The van der Waals surface area contributed by atoms with Crippen molar-refractivity contribution < 1.29 is 110 Å². The van der Waals surface area contributed by atoms with Crippen LogP contribution in [0, 0.1) is 0 Å². The summed E-state index contributed by atoms with van der Waals surface area (Å²) in [4.78, 5) is 47.7. The second-order valence-corrected chi connectivity index (χ2v) is 8.02. The largest absolute Gasteiger partial charge is 3.00 e. The summed E-state index contributed by atoms with van der Waals surface area (Å²) in [6, 6.07) is 11.4. The van der Waals surface area contributed by atoms with Crippen molar-refractivity contribution in [3.8, 4) is 0 Å². The molecule has 0 saturated carbocycles. The zero-order valence-electron chi connectivity index (χ0n) is 26.4. The van der Waals surface area contributed by atoms with Crippen molar-refractivity contribution in [1.82, 2.24) is 19.8 Å². The molecule has 2 aromatic heterocycles. The monoisotopic (exact) mass is 800 g/mol. The first-order valence-electron chi connectivity index (χ1n) is 13.0. The van der Waals surface area contributed by atoms with E-state index < -0.39 is 23.9 Å². The molecule has 274 valence electrons. The Labute approximate surface area is 305 Å². The van der Waals surface area contributed by atoms with E-state index in [1.165, 1.54) is 0 Å². The van der Waals surface area contributed by atoms with Crippen LogP contribution in [-0.2, 0) is 81.7 Å². The first kappa shape index (κ1) is 59.8. The third-order valence-electron chi connectivity index (χ3n) is 3.87. The number of aliphatic hydroxyl groups is 2. The normalized spacial score (nSPS) is 8.55. The first-order valence-corrected chi connectivity index (χ1v) is 13.0. The van der Waals surface area contributed by atoms with E-state index in [2.05, 4.69) is 9.97 Å². The molecule has 0 aliphatic carbocycles. The van der Waals surface area contributed by atoms with Crippen LogP contribution in [0.1, 0.15) is 39.1 Å². The minimum Gasteiger partial charge on any atom is -0.854 e. The predicted molar refractivity (Wildman–Crippen MR) is 146 cm³/mol. The number of nitrogens with zero attached hydrogens (tertiary/aromatic N) is 4. The number of aliphatic hydroxyl groups excluding tert-OH is 2. The summed E-state index contributed by atoms with van der Waals surface area (Å²) in [5, 5.41) is 74.0. The minimum atomic E-state index is -1.08.